The van der Waals surface area contributed by atoms with Gasteiger partial charge in [-0.3, -0.25) is 50.1 Å². The van der Waals surface area contributed by atoms with E-state index in [0.717, 1.165) is 165 Å². The summed E-state index contributed by atoms with van der Waals surface area (Å²) >= 11 is 23.4. The Labute approximate surface area is 843 Å². The minimum Gasteiger partial charge on any atom is -0.394 e. The van der Waals surface area contributed by atoms with Gasteiger partial charge >= 0.3 is 0 Å². The number of carbonyl (C=O) groups is 5. The molecular formula is C97H142Cl4N28O12. The number of aliphatic imine (C=N–C) groups is 2. The molecule has 33 N–H and O–H groups in total. The number of aliphatic hydroxyl groups excluding tert-OH is 7. The molecule has 5 atom stereocenters. The molecule has 8 rings (SSSR count). The second-order valence-corrected chi connectivity index (χ2v) is 35.4. The van der Waals surface area contributed by atoms with Crippen LogP contribution in [0.1, 0.15) is 235 Å². The number of aromatic nitrogens is 8. The van der Waals surface area contributed by atoms with Crippen molar-refractivity contribution in [1.82, 2.24) is 60.7 Å². The largest absolute Gasteiger partial charge is 0.394 e. The van der Waals surface area contributed by atoms with E-state index in [4.69, 9.17) is 124 Å². The van der Waals surface area contributed by atoms with E-state index in [2.05, 4.69) is 149 Å². The van der Waals surface area contributed by atoms with Gasteiger partial charge in [-0.15, -0.1) is 0 Å². The summed E-state index contributed by atoms with van der Waals surface area (Å²) in [6, 6.07) is 33.5. The predicted molar refractivity (Wildman–Crippen MR) is 560 cm³/mol. The second-order valence-electron chi connectivity index (χ2n) is 34.0. The van der Waals surface area contributed by atoms with E-state index in [1.807, 2.05) is 31.2 Å². The van der Waals surface area contributed by atoms with Gasteiger partial charge in [0.05, 0.1) is 61.6 Å². The molecule has 0 spiro atoms. The molecule has 0 saturated carbocycles. The Kier molecular flexibility index (Phi) is 56.0. The highest BCUT2D eigenvalue weighted by Gasteiger charge is 2.26. The Hall–Kier alpha value is -11.9. The van der Waals surface area contributed by atoms with Crippen molar-refractivity contribution >= 4 is 151 Å². The van der Waals surface area contributed by atoms with Crippen LogP contribution in [0.25, 0.3) is 0 Å². The second kappa shape index (κ2) is 66.0. The van der Waals surface area contributed by atoms with Gasteiger partial charge in [-0.25, -0.2) is 39.9 Å². The predicted octanol–water partition coefficient (Wildman–Crippen LogP) is 9.42. The summed E-state index contributed by atoms with van der Waals surface area (Å²) in [4.78, 5) is 101. The molecule has 0 aliphatic rings. The third kappa shape index (κ3) is 48.0. The lowest BCUT2D eigenvalue weighted by Crippen LogP contribution is -2.47. The van der Waals surface area contributed by atoms with Gasteiger partial charge < -0.3 is 119 Å². The van der Waals surface area contributed by atoms with E-state index >= 15 is 0 Å². The van der Waals surface area contributed by atoms with Crippen LogP contribution in [0.5, 0.6) is 0 Å². The van der Waals surface area contributed by atoms with Crippen LogP contribution in [-0.2, 0) is 43.3 Å². The van der Waals surface area contributed by atoms with Crippen molar-refractivity contribution in [2.45, 2.75) is 232 Å². The van der Waals surface area contributed by atoms with Crippen molar-refractivity contribution in [3.8, 4) is 0 Å². The van der Waals surface area contributed by atoms with Gasteiger partial charge in [0.25, 0.3) is 11.8 Å². The zero-order valence-corrected chi connectivity index (χ0v) is 83.8. The molecule has 0 aliphatic carbocycles. The molecule has 0 unspecified atom stereocenters. The lowest BCUT2D eigenvalue weighted by Gasteiger charge is -2.30. The van der Waals surface area contributed by atoms with E-state index in [1.165, 1.54) is 27.8 Å². The Bertz CT molecular complexity index is 5290. The monoisotopic (exact) mass is 2030 g/mol. The minimum absolute atomic E-state index is 0.00369. The van der Waals surface area contributed by atoms with Gasteiger partial charge in [-0.2, -0.15) is 0 Å². The molecule has 44 heteroatoms. The molecule has 0 saturated heterocycles. The fraction of sp³-hybridized carbons (Fsp3) is 0.485. The number of guanidine groups is 2. The van der Waals surface area contributed by atoms with Crippen LogP contribution in [0.3, 0.4) is 0 Å². The van der Waals surface area contributed by atoms with Gasteiger partial charge in [-0.1, -0.05) is 139 Å². The van der Waals surface area contributed by atoms with Crippen molar-refractivity contribution < 1.29 is 59.7 Å². The summed E-state index contributed by atoms with van der Waals surface area (Å²) < 4.78 is 0. The van der Waals surface area contributed by atoms with E-state index in [0.29, 0.717) is 81.2 Å². The Balaban J connectivity index is 0.000000334. The number of benzene rings is 4. The molecule has 8 aromatic rings. The highest BCUT2D eigenvalue weighted by atomic mass is 35.5. The number of nitrogens with one attached hydrogen (secondary N) is 8. The van der Waals surface area contributed by atoms with E-state index in [-0.39, 0.29) is 145 Å². The summed E-state index contributed by atoms with van der Waals surface area (Å²) in [6.45, 7) is 9.72. The summed E-state index contributed by atoms with van der Waals surface area (Å²) in [6.07, 6.45) is 16.2. The average Bonchev–Trinajstić information content (AvgIpc) is 0.843. The molecule has 770 valence electrons. The standard InChI is InChI=1S/C29H45ClN6O7.C23H35ClN8O2.C23H32ClN7O.C22H30ClN7O2/c1-18-28(30)35-27(29(32)34-18)22(39)13-20(31)6-4-2-3-5-19-7-9-21(10-8-19)33-11-12-36(14-23(40)25(42)16-37)15-24(41)26(43)17-38;1-2-17(33)14-28-12-5-7-16-10-8-15(9-11-16)6-3-4-13-29-23(27)32-22(34)18-20(25)31-21(26)19(24)30-18;1-15-22(24)31-21(23(28)30-15)19(32)14-17(25)7-4-2-3-6-16-9-11-18(12-10-16)29-13-5-8-20(26)27;1-14(31)6-2-3-7-15-9-11-16(12-10-15)8-4-5-13-27-22(26)30-21(32)17-19(24)29-20(25)18(23)28-17/h7-10,23-26,31,33,37-38,40-43H,2-6,11-17H2,1H3,(H2,32,34);8-11,17,28,33H,2-7,12-14H2,1H3,(H4,25,26,31)(H3,27,29,32,34);9-12,25,29H,2-8,13-14H2,1H3,(H3,26,27)(H2,28,30);9-12H,2-8,13H2,1H3,(H4,24,25,29)(H3,26,27,30,32)/t23-,24-,25+,26+;17-;;/m01../s1. The Morgan fingerprint density at radius 1 is 0.404 bits per heavy atom. The lowest BCUT2D eigenvalue weighted by molar-refractivity contribution is -0.117. The first kappa shape index (κ1) is 120. The molecule has 0 fully saturated rings. The maximum Gasteiger partial charge on any atom is 0.280 e. The van der Waals surface area contributed by atoms with Crippen molar-refractivity contribution in [3.05, 3.63) is 185 Å². The zero-order chi connectivity index (χ0) is 104. The molecule has 4 aromatic heterocycles. The van der Waals surface area contributed by atoms with Gasteiger partial charge in [-0.05, 0) is 220 Å². The normalized spacial score (nSPS) is 12.4. The zero-order valence-electron chi connectivity index (χ0n) is 80.8. The van der Waals surface area contributed by atoms with Crippen LogP contribution in [0.2, 0.25) is 20.6 Å². The molecule has 4 heterocycles. The SMILES string of the molecule is CC(=O)CCCCc1ccc(CCCCN=C(N)NC(=O)c2nc(Cl)c(N)nc2N)cc1.CC[C@@H](O)CNCCCc1ccc(CCCCN=C(N)NC(=O)c2nc(Cl)c(N)nc2N)cc1.Cc1nc(N)c(C(=O)CC(=N)CCCCCc2ccc(NCCCC(=N)N)cc2)nc1Cl.Cc1nc(N)c(C(=O)CC(=N)CCCCCc2ccc(NCCN(C[C@H](O)[C@H](O)CO)C[C@H](O)[C@H](O)CO)cc2)nc1Cl. The van der Waals surface area contributed by atoms with E-state index in [9.17, 15) is 49.5 Å². The Morgan fingerprint density at radius 2 is 0.745 bits per heavy atom. The number of unbranched alkanes of at least 4 members (excludes halogenated alkanes) is 7. The van der Waals surface area contributed by atoms with Crippen molar-refractivity contribution in [2.75, 3.05) is 117 Å². The molecule has 4 aromatic carbocycles. The molecule has 0 radical (unpaired) electrons. The van der Waals surface area contributed by atoms with E-state index in [1.54, 1.807) is 25.7 Å². The minimum atomic E-state index is -1.33. The molecule has 0 aliphatic heterocycles. The highest BCUT2D eigenvalue weighted by molar-refractivity contribution is 6.32. The van der Waals surface area contributed by atoms with Gasteiger partial charge in [0.1, 0.15) is 18.0 Å². The number of nitrogens with two attached hydrogens (primary N) is 9. The lowest BCUT2D eigenvalue weighted by atomic mass is 10.0. The number of nitrogens with zero attached hydrogens (tertiary/aromatic N) is 11. The number of anilines is 8. The molecule has 0 bridgehead atoms. The van der Waals surface area contributed by atoms with Gasteiger partial charge in [0.2, 0.25) is 0 Å². The maximum atomic E-state index is 12.5. The fourth-order valence-corrected chi connectivity index (χ4v) is 14.3. The number of hydrogen-bond acceptors (Lipinski definition) is 35. The highest BCUT2D eigenvalue weighted by Crippen LogP contribution is 2.25. The fourth-order valence-electron chi connectivity index (χ4n) is 13.8. The molecular weight excluding hydrogens is 1890 g/mol. The number of aliphatic hydroxyl groups is 7. The number of Topliss-reactive ketones (excluding diaryl/α,β-unsaturated/α-hetero) is 3. The number of halogens is 4. The van der Waals surface area contributed by atoms with Crippen LogP contribution in [0.4, 0.5) is 46.3 Å². The summed E-state index contributed by atoms with van der Waals surface area (Å²) in [5.74, 6) is -1.88. The smallest absolute Gasteiger partial charge is 0.280 e. The third-order valence-corrected chi connectivity index (χ3v) is 23.3. The molecule has 141 heavy (non-hydrogen) atoms. The third-order valence-electron chi connectivity index (χ3n) is 22.0. The topological polar surface area (TPSA) is 724 Å². The average molecular weight is 2030 g/mol. The number of amidine groups is 1. The first-order valence-electron chi connectivity index (χ1n) is 47.1. The number of rotatable bonds is 59. The number of carbonyl (C=O) groups excluding carboxylic acids is 5. The van der Waals surface area contributed by atoms with Crippen LogP contribution >= 0.6 is 46.4 Å². The van der Waals surface area contributed by atoms with E-state index < -0.39 is 49.4 Å². The Morgan fingerprint density at radius 3 is 1.11 bits per heavy atom. The van der Waals surface area contributed by atoms with Crippen LogP contribution < -0.4 is 78.2 Å². The quantitative estimate of drug-likeness (QED) is 0.00730. The van der Waals surface area contributed by atoms with Crippen LogP contribution in [0.15, 0.2) is 107 Å². The van der Waals surface area contributed by atoms with Crippen molar-refractivity contribution in [1.29, 1.82) is 16.2 Å². The molecule has 2 amide bonds. The summed E-state index contributed by atoms with van der Waals surface area (Å²) in [5, 5.41) is 105. The van der Waals surface area contributed by atoms with Gasteiger partial charge in [0.15, 0.2) is 102 Å². The number of amides is 2. The number of ketones is 3. The number of hydrogen-bond donors (Lipinski definition) is 24. The number of nitrogen functional groups attached to an aromatic ring is 6. The summed E-state index contributed by atoms with van der Waals surface area (Å²) in [7, 11) is 0. The summed E-state index contributed by atoms with van der Waals surface area (Å²) in [5.41, 5.74) is 61.6. The van der Waals surface area contributed by atoms with Gasteiger partial charge in [0, 0.05) is 88.0 Å². The molecule has 40 nitrogen and oxygen atoms in total. The number of aryl methyl sites for hydroxylation is 8. The van der Waals surface area contributed by atoms with Crippen molar-refractivity contribution in [3.63, 3.8) is 0 Å². The maximum absolute atomic E-state index is 12.5. The van der Waals surface area contributed by atoms with Crippen LogP contribution in [-0.4, -0.2) is 241 Å². The van der Waals surface area contributed by atoms with Crippen LogP contribution in [0, 0.1) is 30.1 Å². The first-order valence-corrected chi connectivity index (χ1v) is 48.6. The first-order chi connectivity index (χ1) is 67.3. The van der Waals surface area contributed by atoms with Crippen molar-refractivity contribution in [2.24, 2.45) is 27.2 Å².